The number of rotatable bonds is 6. The molecule has 1 saturated heterocycles. The predicted octanol–water partition coefficient (Wildman–Crippen LogP) is 3.59. The lowest BCUT2D eigenvalue weighted by atomic mass is 9.88. The van der Waals surface area contributed by atoms with Crippen molar-refractivity contribution in [2.45, 2.75) is 39.3 Å². The van der Waals surface area contributed by atoms with Crippen molar-refractivity contribution in [1.82, 2.24) is 10.2 Å². The highest BCUT2D eigenvalue weighted by Gasteiger charge is 2.30. The molecule has 1 N–H and O–H groups in total. The first kappa shape index (κ1) is 19.3. The Bertz CT molecular complexity index is 763. The van der Waals surface area contributed by atoms with E-state index in [1.54, 1.807) is 0 Å². The summed E-state index contributed by atoms with van der Waals surface area (Å²) in [5.41, 5.74) is 3.11. The molecule has 0 saturated carbocycles. The summed E-state index contributed by atoms with van der Waals surface area (Å²) >= 11 is 0. The summed E-state index contributed by atoms with van der Waals surface area (Å²) in [5, 5.41) is 3.03. The lowest BCUT2D eigenvalue weighted by Crippen LogP contribution is -2.48. The van der Waals surface area contributed by atoms with Crippen LogP contribution in [0.2, 0.25) is 0 Å². The molecule has 0 bridgehead atoms. The van der Waals surface area contributed by atoms with Gasteiger partial charge in [-0.3, -0.25) is 14.5 Å². The average molecular weight is 364 g/mol. The number of piperidine rings is 1. The van der Waals surface area contributed by atoms with Crippen LogP contribution in [0, 0.1) is 12.8 Å². The van der Waals surface area contributed by atoms with Gasteiger partial charge in [-0.2, -0.15) is 0 Å². The fraction of sp³-hybridized carbons (Fsp3) is 0.391. The van der Waals surface area contributed by atoms with Crippen LogP contribution >= 0.6 is 0 Å². The van der Waals surface area contributed by atoms with Crippen molar-refractivity contribution in [3.8, 4) is 0 Å². The van der Waals surface area contributed by atoms with Crippen LogP contribution < -0.4 is 5.32 Å². The maximum absolute atomic E-state index is 12.6. The van der Waals surface area contributed by atoms with Crippen molar-refractivity contribution in [1.29, 1.82) is 0 Å². The van der Waals surface area contributed by atoms with Crippen molar-refractivity contribution in [3.63, 3.8) is 0 Å². The Balaban J connectivity index is 1.47. The number of benzene rings is 2. The van der Waals surface area contributed by atoms with E-state index >= 15 is 0 Å². The molecule has 1 aliphatic rings. The Hall–Kier alpha value is -2.46. The van der Waals surface area contributed by atoms with E-state index < -0.39 is 0 Å². The van der Waals surface area contributed by atoms with Crippen molar-refractivity contribution < 1.29 is 9.59 Å². The van der Waals surface area contributed by atoms with Crippen molar-refractivity contribution in [2.24, 2.45) is 5.92 Å². The fourth-order valence-corrected chi connectivity index (χ4v) is 3.60. The molecule has 0 aliphatic carbocycles. The van der Waals surface area contributed by atoms with Crippen LogP contribution in [0.1, 0.15) is 41.3 Å². The molecule has 3 rings (SSSR count). The Morgan fingerprint density at radius 2 is 1.67 bits per heavy atom. The first-order valence-corrected chi connectivity index (χ1v) is 9.71. The second kappa shape index (κ2) is 8.96. The summed E-state index contributed by atoms with van der Waals surface area (Å²) in [7, 11) is 0. The molecule has 2 aromatic rings. The highest BCUT2D eigenvalue weighted by Crippen LogP contribution is 2.23. The van der Waals surface area contributed by atoms with Crippen molar-refractivity contribution in [3.05, 3.63) is 71.3 Å². The summed E-state index contributed by atoms with van der Waals surface area (Å²) in [6.07, 6.45) is 1.62. The first-order chi connectivity index (χ1) is 13.0. The van der Waals surface area contributed by atoms with Crippen LogP contribution in [0.25, 0.3) is 0 Å². The van der Waals surface area contributed by atoms with Crippen molar-refractivity contribution in [2.75, 3.05) is 13.1 Å². The fourth-order valence-electron chi connectivity index (χ4n) is 3.60. The molecule has 27 heavy (non-hydrogen) atoms. The quantitative estimate of drug-likeness (QED) is 0.797. The Morgan fingerprint density at radius 1 is 1.04 bits per heavy atom. The molecule has 1 atom stereocenters. The normalized spacial score (nSPS) is 16.7. The number of likely N-dealkylation sites (tertiary alicyclic amines) is 1. The molecule has 1 heterocycles. The molecular formula is C23H28N2O2. The summed E-state index contributed by atoms with van der Waals surface area (Å²) in [5.74, 6) is 0.335. The zero-order chi connectivity index (χ0) is 19.2. The van der Waals surface area contributed by atoms with Gasteiger partial charge in [-0.1, -0.05) is 60.2 Å². The number of nitrogens with zero attached hydrogens (tertiary/aromatic N) is 1. The molecule has 142 valence electrons. The van der Waals surface area contributed by atoms with Gasteiger partial charge in [0.2, 0.25) is 5.91 Å². The van der Waals surface area contributed by atoms with Gasteiger partial charge in [0.05, 0.1) is 6.04 Å². The summed E-state index contributed by atoms with van der Waals surface area (Å²) in [4.78, 5) is 27.3. The standard InChI is InChI=1S/C23H28N2O2/c1-17-8-10-19(11-9-17)16-24-23(27)18(2)25-14-12-21(13-15-25)22(26)20-6-4-3-5-7-20/h3-11,18,21H,12-16H2,1-2H3,(H,24,27). The van der Waals surface area contributed by atoms with Gasteiger partial charge < -0.3 is 5.32 Å². The molecule has 1 aliphatic heterocycles. The van der Waals surface area contributed by atoms with E-state index in [0.29, 0.717) is 6.54 Å². The molecule has 4 nitrogen and oxygen atoms in total. The summed E-state index contributed by atoms with van der Waals surface area (Å²) < 4.78 is 0. The Morgan fingerprint density at radius 3 is 2.30 bits per heavy atom. The summed E-state index contributed by atoms with van der Waals surface area (Å²) in [6.45, 7) is 6.11. The van der Waals surface area contributed by atoms with Gasteiger partial charge in [0.1, 0.15) is 0 Å². The second-order valence-corrected chi connectivity index (χ2v) is 7.42. The number of amides is 1. The van der Waals surface area contributed by atoms with E-state index in [1.807, 2.05) is 49.4 Å². The molecule has 1 fully saturated rings. The molecular weight excluding hydrogens is 336 g/mol. The van der Waals surface area contributed by atoms with Crippen LogP contribution in [0.3, 0.4) is 0 Å². The zero-order valence-corrected chi connectivity index (χ0v) is 16.2. The topological polar surface area (TPSA) is 49.4 Å². The molecule has 0 spiro atoms. The molecule has 0 radical (unpaired) electrons. The van der Waals surface area contributed by atoms with Gasteiger partial charge in [-0.05, 0) is 45.3 Å². The van der Waals surface area contributed by atoms with E-state index in [2.05, 4.69) is 29.3 Å². The maximum Gasteiger partial charge on any atom is 0.237 e. The van der Waals surface area contributed by atoms with Crippen LogP contribution in [0.5, 0.6) is 0 Å². The lowest BCUT2D eigenvalue weighted by Gasteiger charge is -2.34. The van der Waals surface area contributed by atoms with Crippen LogP contribution in [0.4, 0.5) is 0 Å². The van der Waals surface area contributed by atoms with E-state index in [9.17, 15) is 9.59 Å². The van der Waals surface area contributed by atoms with E-state index in [0.717, 1.165) is 37.1 Å². The van der Waals surface area contributed by atoms with Crippen LogP contribution in [0.15, 0.2) is 54.6 Å². The average Bonchev–Trinajstić information content (AvgIpc) is 2.73. The zero-order valence-electron chi connectivity index (χ0n) is 16.2. The third-order valence-electron chi connectivity index (χ3n) is 5.47. The van der Waals surface area contributed by atoms with Gasteiger partial charge in [-0.15, -0.1) is 0 Å². The Kier molecular flexibility index (Phi) is 6.40. The van der Waals surface area contributed by atoms with E-state index in [1.165, 1.54) is 5.56 Å². The number of ketones is 1. The van der Waals surface area contributed by atoms with Gasteiger partial charge in [-0.25, -0.2) is 0 Å². The molecule has 1 amide bonds. The molecule has 4 heteroatoms. The minimum Gasteiger partial charge on any atom is -0.351 e. The Labute approximate surface area is 161 Å². The van der Waals surface area contributed by atoms with Gasteiger partial charge >= 0.3 is 0 Å². The number of hydrogen-bond donors (Lipinski definition) is 1. The van der Waals surface area contributed by atoms with Crippen LogP contribution in [-0.4, -0.2) is 35.7 Å². The van der Waals surface area contributed by atoms with E-state index in [-0.39, 0.29) is 23.7 Å². The largest absolute Gasteiger partial charge is 0.351 e. The minimum atomic E-state index is -0.178. The number of hydrogen-bond acceptors (Lipinski definition) is 3. The second-order valence-electron chi connectivity index (χ2n) is 7.42. The molecule has 0 aromatic heterocycles. The monoisotopic (exact) mass is 364 g/mol. The summed E-state index contributed by atoms with van der Waals surface area (Å²) in [6, 6.07) is 17.5. The SMILES string of the molecule is Cc1ccc(CNC(=O)C(C)N2CCC(C(=O)c3ccccc3)CC2)cc1. The highest BCUT2D eigenvalue weighted by atomic mass is 16.2. The maximum atomic E-state index is 12.6. The minimum absolute atomic E-state index is 0.0448. The predicted molar refractivity (Wildman–Crippen MR) is 108 cm³/mol. The molecule has 1 unspecified atom stereocenters. The lowest BCUT2D eigenvalue weighted by molar-refractivity contribution is -0.126. The number of carbonyl (C=O) groups is 2. The van der Waals surface area contributed by atoms with E-state index in [4.69, 9.17) is 0 Å². The number of aryl methyl sites for hydroxylation is 1. The number of Topliss-reactive ketones (excluding diaryl/α,β-unsaturated/α-hetero) is 1. The third kappa shape index (κ3) is 5.04. The number of nitrogens with one attached hydrogen (secondary N) is 1. The van der Waals surface area contributed by atoms with Gasteiger partial charge in [0.25, 0.3) is 0 Å². The third-order valence-corrected chi connectivity index (χ3v) is 5.47. The van der Waals surface area contributed by atoms with Crippen LogP contribution in [-0.2, 0) is 11.3 Å². The highest BCUT2D eigenvalue weighted by molar-refractivity contribution is 5.97. The van der Waals surface area contributed by atoms with Gasteiger partial charge in [0.15, 0.2) is 5.78 Å². The molecule has 2 aromatic carbocycles. The number of carbonyl (C=O) groups excluding carboxylic acids is 2. The van der Waals surface area contributed by atoms with Crippen molar-refractivity contribution >= 4 is 11.7 Å². The van der Waals surface area contributed by atoms with Gasteiger partial charge in [0, 0.05) is 18.0 Å². The smallest absolute Gasteiger partial charge is 0.237 e. The first-order valence-electron chi connectivity index (χ1n) is 9.71.